The van der Waals surface area contributed by atoms with E-state index in [1.807, 2.05) is 12.1 Å². The number of hydrogen-bond acceptors (Lipinski definition) is 6. The van der Waals surface area contributed by atoms with Crippen molar-refractivity contribution in [3.8, 4) is 5.75 Å². The van der Waals surface area contributed by atoms with Crippen LogP contribution in [0.3, 0.4) is 0 Å². The minimum Gasteiger partial charge on any atom is -0.497 e. The highest BCUT2D eigenvalue weighted by Crippen LogP contribution is 2.48. The minimum absolute atomic E-state index is 0.0777. The van der Waals surface area contributed by atoms with Gasteiger partial charge in [0.15, 0.2) is 0 Å². The molecule has 0 bridgehead atoms. The van der Waals surface area contributed by atoms with Crippen molar-refractivity contribution in [1.29, 1.82) is 0 Å². The molecule has 6 heteroatoms. The van der Waals surface area contributed by atoms with E-state index in [0.717, 1.165) is 70.0 Å². The van der Waals surface area contributed by atoms with Crippen LogP contribution in [0.15, 0.2) is 18.3 Å². The molecule has 6 nitrogen and oxygen atoms in total. The number of carbonyl (C=O) groups excluding carboxylic acids is 1. The predicted octanol–water partition coefficient (Wildman–Crippen LogP) is 2.48. The summed E-state index contributed by atoms with van der Waals surface area (Å²) in [5.74, 6) is 1.91. The summed E-state index contributed by atoms with van der Waals surface area (Å²) in [6, 6.07) is 3.87. The quantitative estimate of drug-likeness (QED) is 0.753. The van der Waals surface area contributed by atoms with Crippen LogP contribution in [0.5, 0.6) is 5.75 Å². The van der Waals surface area contributed by atoms with Gasteiger partial charge in [0.2, 0.25) is 0 Å². The molecule has 1 aromatic heterocycles. The summed E-state index contributed by atoms with van der Waals surface area (Å²) in [5.41, 5.74) is -0.124. The minimum atomic E-state index is -0.124. The van der Waals surface area contributed by atoms with Crippen LogP contribution in [0, 0.1) is 5.41 Å². The first-order valence-corrected chi connectivity index (χ1v) is 9.87. The molecule has 3 aliphatic rings. The molecule has 1 aliphatic carbocycles. The van der Waals surface area contributed by atoms with E-state index in [2.05, 4.69) is 14.8 Å². The van der Waals surface area contributed by atoms with Gasteiger partial charge < -0.3 is 14.4 Å². The second-order valence-corrected chi connectivity index (χ2v) is 7.89. The lowest BCUT2D eigenvalue weighted by Crippen LogP contribution is -2.47. The fraction of sp³-hybridized carbons (Fsp3) is 0.700. The Morgan fingerprint density at radius 2 is 2.04 bits per heavy atom. The SMILES string of the molecule is COc1ccnc(N2CCN(CC[C@@H]3CC4(CCCC4)C(=O)O3)CC2)c1. The zero-order chi connectivity index (χ0) is 18.0. The monoisotopic (exact) mass is 359 g/mol. The number of carbonyl (C=O) groups is 1. The lowest BCUT2D eigenvalue weighted by atomic mass is 9.83. The smallest absolute Gasteiger partial charge is 0.312 e. The molecule has 0 unspecified atom stereocenters. The number of cyclic esters (lactones) is 1. The van der Waals surface area contributed by atoms with E-state index in [4.69, 9.17) is 9.47 Å². The summed E-state index contributed by atoms with van der Waals surface area (Å²) >= 11 is 0. The van der Waals surface area contributed by atoms with Crippen LogP contribution in [0.2, 0.25) is 0 Å². The number of aromatic nitrogens is 1. The van der Waals surface area contributed by atoms with Gasteiger partial charge in [-0.1, -0.05) is 12.8 Å². The molecule has 3 fully saturated rings. The summed E-state index contributed by atoms with van der Waals surface area (Å²) in [5, 5.41) is 0. The Labute approximate surface area is 155 Å². The zero-order valence-electron chi connectivity index (χ0n) is 15.7. The third-order valence-electron chi connectivity index (χ3n) is 6.30. The van der Waals surface area contributed by atoms with E-state index in [-0.39, 0.29) is 17.5 Å². The second kappa shape index (κ2) is 7.43. The van der Waals surface area contributed by atoms with Gasteiger partial charge in [-0.25, -0.2) is 4.98 Å². The van der Waals surface area contributed by atoms with E-state index < -0.39 is 0 Å². The maximum absolute atomic E-state index is 12.3. The first-order valence-electron chi connectivity index (χ1n) is 9.87. The fourth-order valence-electron chi connectivity index (χ4n) is 4.68. The van der Waals surface area contributed by atoms with E-state index in [1.54, 1.807) is 13.3 Å². The predicted molar refractivity (Wildman–Crippen MR) is 99.5 cm³/mol. The number of esters is 1. The van der Waals surface area contributed by atoms with Crippen LogP contribution < -0.4 is 9.64 Å². The number of rotatable bonds is 5. The largest absolute Gasteiger partial charge is 0.497 e. The Morgan fingerprint density at radius 1 is 1.27 bits per heavy atom. The maximum atomic E-state index is 12.3. The molecule has 3 heterocycles. The van der Waals surface area contributed by atoms with Crippen LogP contribution in [-0.2, 0) is 9.53 Å². The van der Waals surface area contributed by atoms with Gasteiger partial charge in [-0.15, -0.1) is 0 Å². The molecule has 26 heavy (non-hydrogen) atoms. The van der Waals surface area contributed by atoms with Gasteiger partial charge >= 0.3 is 5.97 Å². The Hall–Kier alpha value is -1.82. The third-order valence-corrected chi connectivity index (χ3v) is 6.30. The third kappa shape index (κ3) is 3.52. The van der Waals surface area contributed by atoms with Gasteiger partial charge in [-0.3, -0.25) is 9.69 Å². The highest BCUT2D eigenvalue weighted by atomic mass is 16.6. The van der Waals surface area contributed by atoms with Crippen molar-refractivity contribution < 1.29 is 14.3 Å². The number of ether oxygens (including phenoxy) is 2. The maximum Gasteiger partial charge on any atom is 0.312 e. The van der Waals surface area contributed by atoms with Crippen molar-refractivity contribution in [1.82, 2.24) is 9.88 Å². The van der Waals surface area contributed by atoms with E-state index >= 15 is 0 Å². The summed E-state index contributed by atoms with van der Waals surface area (Å²) in [6.45, 7) is 4.98. The first kappa shape index (κ1) is 17.6. The van der Waals surface area contributed by atoms with E-state index in [1.165, 1.54) is 12.8 Å². The highest BCUT2D eigenvalue weighted by molar-refractivity contribution is 5.79. The molecular formula is C20H29N3O3. The van der Waals surface area contributed by atoms with Crippen LogP contribution >= 0.6 is 0 Å². The standard InChI is InChI=1S/C20H29N3O3/c1-25-16-4-8-21-18(14-16)23-12-10-22(11-13-23)9-5-17-15-20(19(24)26-17)6-2-3-7-20/h4,8,14,17H,2-3,5-7,9-13,15H2,1H3/t17-/m1/s1. The first-order chi connectivity index (χ1) is 12.7. The molecule has 1 saturated carbocycles. The average molecular weight is 359 g/mol. The molecule has 4 rings (SSSR count). The molecule has 1 spiro atoms. The van der Waals surface area contributed by atoms with Crippen molar-refractivity contribution in [3.05, 3.63) is 18.3 Å². The molecule has 1 aromatic rings. The van der Waals surface area contributed by atoms with Crippen molar-refractivity contribution >= 4 is 11.8 Å². The zero-order valence-corrected chi connectivity index (χ0v) is 15.7. The van der Waals surface area contributed by atoms with Gasteiger partial charge in [-0.2, -0.15) is 0 Å². The lowest BCUT2D eigenvalue weighted by Gasteiger charge is -2.35. The van der Waals surface area contributed by atoms with Gasteiger partial charge in [0.1, 0.15) is 17.7 Å². The summed E-state index contributed by atoms with van der Waals surface area (Å²) in [4.78, 5) is 21.5. The van der Waals surface area contributed by atoms with Crippen molar-refractivity contribution in [2.24, 2.45) is 5.41 Å². The molecule has 0 aromatic carbocycles. The van der Waals surface area contributed by atoms with Gasteiger partial charge in [-0.05, 0) is 25.3 Å². The van der Waals surface area contributed by atoms with Gasteiger partial charge in [0.25, 0.3) is 0 Å². The molecule has 0 N–H and O–H groups in total. The topological polar surface area (TPSA) is 54.9 Å². The number of piperazine rings is 1. The van der Waals surface area contributed by atoms with Crippen molar-refractivity contribution in [2.75, 3.05) is 44.7 Å². The van der Waals surface area contributed by atoms with E-state index in [0.29, 0.717) is 0 Å². The number of nitrogens with zero attached hydrogens (tertiary/aromatic N) is 3. The van der Waals surface area contributed by atoms with Gasteiger partial charge in [0, 0.05) is 51.4 Å². The van der Waals surface area contributed by atoms with Crippen LogP contribution in [-0.4, -0.2) is 61.8 Å². The summed E-state index contributed by atoms with van der Waals surface area (Å²) in [7, 11) is 1.68. The van der Waals surface area contributed by atoms with Crippen molar-refractivity contribution in [2.45, 2.75) is 44.6 Å². The van der Waals surface area contributed by atoms with Crippen LogP contribution in [0.1, 0.15) is 38.5 Å². The number of pyridine rings is 1. The average Bonchev–Trinajstić information content (AvgIpc) is 3.28. The van der Waals surface area contributed by atoms with Crippen LogP contribution in [0.4, 0.5) is 5.82 Å². The molecule has 0 amide bonds. The van der Waals surface area contributed by atoms with E-state index in [9.17, 15) is 4.79 Å². The molecule has 142 valence electrons. The second-order valence-electron chi connectivity index (χ2n) is 7.89. The summed E-state index contributed by atoms with van der Waals surface area (Å²) in [6.07, 6.45) is 8.27. The van der Waals surface area contributed by atoms with Gasteiger partial charge in [0.05, 0.1) is 12.5 Å². The Bertz CT molecular complexity index is 637. The fourth-order valence-corrected chi connectivity index (χ4v) is 4.68. The molecule has 1 atom stereocenters. The number of anilines is 1. The highest BCUT2D eigenvalue weighted by Gasteiger charge is 2.50. The Balaban J connectivity index is 1.24. The summed E-state index contributed by atoms with van der Waals surface area (Å²) < 4.78 is 11.0. The Morgan fingerprint density at radius 3 is 2.77 bits per heavy atom. The number of methoxy groups -OCH3 is 1. The molecular weight excluding hydrogens is 330 g/mol. The number of hydrogen-bond donors (Lipinski definition) is 0. The normalized spacial score (nSPS) is 25.7. The molecule has 2 saturated heterocycles. The molecule has 2 aliphatic heterocycles. The van der Waals surface area contributed by atoms with Crippen LogP contribution in [0.25, 0.3) is 0 Å². The lowest BCUT2D eigenvalue weighted by molar-refractivity contribution is -0.148. The van der Waals surface area contributed by atoms with Crippen molar-refractivity contribution in [3.63, 3.8) is 0 Å². The Kier molecular flexibility index (Phi) is 5.02. The molecule has 0 radical (unpaired) electrons.